The van der Waals surface area contributed by atoms with Crippen LogP contribution in [-0.2, 0) is 0 Å². The maximum atomic E-state index is 9.31. The summed E-state index contributed by atoms with van der Waals surface area (Å²) in [5.74, 6) is 1.92. The lowest BCUT2D eigenvalue weighted by atomic mass is 10.1. The first-order valence-corrected chi connectivity index (χ1v) is 9.05. The molecule has 0 N–H and O–H groups in total. The Hall–Kier alpha value is -3.18. The Bertz CT molecular complexity index is 1050. The van der Waals surface area contributed by atoms with Crippen LogP contribution in [0.5, 0.6) is 23.0 Å². The molecule has 0 aliphatic heterocycles. The first kappa shape index (κ1) is 19.6. The first-order chi connectivity index (χ1) is 13.5. The Morgan fingerprint density at radius 3 is 1.39 bits per heavy atom. The molecule has 138 valence electrons. The predicted molar refractivity (Wildman–Crippen MR) is 108 cm³/mol. The van der Waals surface area contributed by atoms with Gasteiger partial charge in [-0.3, -0.25) is 0 Å². The molecule has 3 rings (SSSR count). The van der Waals surface area contributed by atoms with Gasteiger partial charge in [0.05, 0.1) is 10.0 Å². The fourth-order valence-electron chi connectivity index (χ4n) is 2.62. The van der Waals surface area contributed by atoms with Crippen LogP contribution in [0, 0.1) is 36.5 Å². The molecule has 0 fully saturated rings. The highest BCUT2D eigenvalue weighted by atomic mass is 35.5. The van der Waals surface area contributed by atoms with Crippen molar-refractivity contribution in [2.45, 2.75) is 13.8 Å². The standard InChI is InChI=1S/C22H14Cl2N2O2/c1-13-14(2)20(28-22-8-4-6-18(24)16(22)12-26)10-9-19(13)27-21-7-3-5-17(23)15(21)11-25/h3-10H,1-2H3. The molecule has 6 heteroatoms. The second-order valence-corrected chi connectivity index (χ2v) is 6.78. The molecule has 3 aromatic rings. The van der Waals surface area contributed by atoms with E-state index in [9.17, 15) is 10.5 Å². The summed E-state index contributed by atoms with van der Waals surface area (Å²) >= 11 is 12.1. The molecule has 0 radical (unpaired) electrons. The SMILES string of the molecule is Cc1c(Oc2cccc(Cl)c2C#N)ccc(Oc2cccc(Cl)c2C#N)c1C. The lowest BCUT2D eigenvalue weighted by Gasteiger charge is -2.16. The van der Waals surface area contributed by atoms with Gasteiger partial charge in [-0.15, -0.1) is 0 Å². The summed E-state index contributed by atoms with van der Waals surface area (Å²) in [6, 6.07) is 17.7. The van der Waals surface area contributed by atoms with Crippen LogP contribution in [0.25, 0.3) is 0 Å². The summed E-state index contributed by atoms with van der Waals surface area (Å²) < 4.78 is 11.9. The van der Waals surface area contributed by atoms with Crippen molar-refractivity contribution in [3.63, 3.8) is 0 Å². The monoisotopic (exact) mass is 408 g/mol. The molecule has 0 amide bonds. The van der Waals surface area contributed by atoms with Gasteiger partial charge in [0.2, 0.25) is 0 Å². The van der Waals surface area contributed by atoms with Gasteiger partial charge in [0, 0.05) is 0 Å². The Kier molecular flexibility index (Phi) is 5.76. The molecule has 0 aliphatic rings. The molecule has 4 nitrogen and oxygen atoms in total. The maximum Gasteiger partial charge on any atom is 0.146 e. The molecule has 0 aliphatic carbocycles. The van der Waals surface area contributed by atoms with E-state index >= 15 is 0 Å². The highest BCUT2D eigenvalue weighted by Gasteiger charge is 2.15. The van der Waals surface area contributed by atoms with Crippen molar-refractivity contribution in [1.82, 2.24) is 0 Å². The van der Waals surface area contributed by atoms with Gasteiger partial charge in [0.15, 0.2) is 0 Å². The van der Waals surface area contributed by atoms with Crippen LogP contribution in [0.15, 0.2) is 48.5 Å². The summed E-state index contributed by atoms with van der Waals surface area (Å²) in [6.07, 6.45) is 0. The van der Waals surface area contributed by atoms with Gasteiger partial charge in [0.25, 0.3) is 0 Å². The van der Waals surface area contributed by atoms with Crippen LogP contribution in [-0.4, -0.2) is 0 Å². The highest BCUT2D eigenvalue weighted by Crippen LogP contribution is 2.37. The Morgan fingerprint density at radius 1 is 0.643 bits per heavy atom. The smallest absolute Gasteiger partial charge is 0.146 e. The predicted octanol–water partition coefficient (Wildman–Crippen LogP) is 6.94. The van der Waals surface area contributed by atoms with Gasteiger partial charge >= 0.3 is 0 Å². The van der Waals surface area contributed by atoms with Crippen LogP contribution in [0.2, 0.25) is 10.0 Å². The van der Waals surface area contributed by atoms with Crippen molar-refractivity contribution >= 4 is 23.2 Å². The average Bonchev–Trinajstić information content (AvgIpc) is 2.68. The fourth-order valence-corrected chi connectivity index (χ4v) is 3.04. The van der Waals surface area contributed by atoms with Crippen molar-refractivity contribution in [2.24, 2.45) is 0 Å². The molecule has 0 saturated carbocycles. The van der Waals surface area contributed by atoms with Crippen LogP contribution >= 0.6 is 23.2 Å². The van der Waals surface area contributed by atoms with E-state index < -0.39 is 0 Å². The second-order valence-electron chi connectivity index (χ2n) is 5.97. The summed E-state index contributed by atoms with van der Waals surface area (Å²) in [7, 11) is 0. The first-order valence-electron chi connectivity index (χ1n) is 8.29. The van der Waals surface area contributed by atoms with Gasteiger partial charge in [-0.25, -0.2) is 0 Å². The number of benzene rings is 3. The molecular formula is C22H14Cl2N2O2. The summed E-state index contributed by atoms with van der Waals surface area (Å²) in [5.41, 5.74) is 2.22. The number of halogens is 2. The van der Waals surface area contributed by atoms with E-state index in [2.05, 4.69) is 12.1 Å². The number of nitrogens with zero attached hydrogens (tertiary/aromatic N) is 2. The molecular weight excluding hydrogens is 395 g/mol. The minimum absolute atomic E-state index is 0.277. The minimum atomic E-state index is 0.277. The van der Waals surface area contributed by atoms with E-state index in [-0.39, 0.29) is 11.1 Å². The topological polar surface area (TPSA) is 66.0 Å². The molecule has 3 aromatic carbocycles. The van der Waals surface area contributed by atoms with Gasteiger partial charge in [-0.1, -0.05) is 35.3 Å². The van der Waals surface area contributed by atoms with Crippen LogP contribution < -0.4 is 9.47 Å². The van der Waals surface area contributed by atoms with Crippen molar-refractivity contribution in [3.05, 3.63) is 80.8 Å². The number of hydrogen-bond acceptors (Lipinski definition) is 4. The Labute approximate surface area is 173 Å². The quantitative estimate of drug-likeness (QED) is 0.468. The van der Waals surface area contributed by atoms with Crippen LogP contribution in [0.3, 0.4) is 0 Å². The number of hydrogen-bond donors (Lipinski definition) is 0. The van der Waals surface area contributed by atoms with Crippen molar-refractivity contribution < 1.29 is 9.47 Å². The van der Waals surface area contributed by atoms with E-state index in [0.29, 0.717) is 33.0 Å². The fraction of sp³-hybridized carbons (Fsp3) is 0.0909. The molecule has 0 spiro atoms. The summed E-state index contributed by atoms with van der Waals surface area (Å²) in [4.78, 5) is 0. The zero-order valence-corrected chi connectivity index (χ0v) is 16.6. The van der Waals surface area contributed by atoms with Crippen molar-refractivity contribution in [1.29, 1.82) is 10.5 Å². The molecule has 0 unspecified atom stereocenters. The van der Waals surface area contributed by atoms with E-state index in [4.69, 9.17) is 32.7 Å². The lowest BCUT2D eigenvalue weighted by Crippen LogP contribution is -1.96. The Balaban J connectivity index is 1.95. The van der Waals surface area contributed by atoms with Crippen molar-refractivity contribution in [3.8, 4) is 35.1 Å². The van der Waals surface area contributed by atoms with E-state index in [0.717, 1.165) is 11.1 Å². The molecule has 28 heavy (non-hydrogen) atoms. The number of ether oxygens (including phenoxy) is 2. The van der Waals surface area contributed by atoms with Gasteiger partial charge < -0.3 is 9.47 Å². The van der Waals surface area contributed by atoms with Gasteiger partial charge in [-0.05, 0) is 61.4 Å². The molecule has 0 saturated heterocycles. The maximum absolute atomic E-state index is 9.31. The number of rotatable bonds is 4. The lowest BCUT2D eigenvalue weighted by molar-refractivity contribution is 0.461. The average molecular weight is 409 g/mol. The third-order valence-electron chi connectivity index (χ3n) is 4.30. The molecule has 0 heterocycles. The van der Waals surface area contributed by atoms with E-state index in [1.807, 2.05) is 13.8 Å². The zero-order valence-electron chi connectivity index (χ0n) is 15.1. The third kappa shape index (κ3) is 3.75. The third-order valence-corrected chi connectivity index (χ3v) is 4.93. The van der Waals surface area contributed by atoms with E-state index in [1.54, 1.807) is 48.5 Å². The highest BCUT2D eigenvalue weighted by molar-refractivity contribution is 6.32. The minimum Gasteiger partial charge on any atom is -0.456 e. The molecule has 0 aromatic heterocycles. The van der Waals surface area contributed by atoms with Gasteiger partial charge in [0.1, 0.15) is 46.3 Å². The summed E-state index contributed by atoms with van der Waals surface area (Å²) in [6.45, 7) is 3.77. The largest absolute Gasteiger partial charge is 0.456 e. The number of nitriles is 2. The van der Waals surface area contributed by atoms with E-state index in [1.165, 1.54) is 0 Å². The van der Waals surface area contributed by atoms with Crippen molar-refractivity contribution in [2.75, 3.05) is 0 Å². The Morgan fingerprint density at radius 2 is 1.04 bits per heavy atom. The normalized spacial score (nSPS) is 10.1. The van der Waals surface area contributed by atoms with Crippen LogP contribution in [0.1, 0.15) is 22.3 Å². The molecule has 0 atom stereocenters. The summed E-state index contributed by atoms with van der Waals surface area (Å²) in [5, 5.41) is 19.3. The van der Waals surface area contributed by atoms with Crippen LogP contribution in [0.4, 0.5) is 0 Å². The molecule has 0 bridgehead atoms. The zero-order chi connectivity index (χ0) is 20.3. The van der Waals surface area contributed by atoms with Gasteiger partial charge in [-0.2, -0.15) is 10.5 Å². The second kappa shape index (κ2) is 8.23.